The Morgan fingerprint density at radius 3 is 1.02 bits per heavy atom. The molecule has 10 rings (SSSR count). The summed E-state index contributed by atoms with van der Waals surface area (Å²) in [6.45, 7) is 27.6. The van der Waals surface area contributed by atoms with Gasteiger partial charge >= 0.3 is 0 Å². The number of fused-ring (bicyclic) bond motifs is 2. The first-order chi connectivity index (χ1) is 31.7. The van der Waals surface area contributed by atoms with Gasteiger partial charge in [0.15, 0.2) is 0 Å². The van der Waals surface area contributed by atoms with Crippen molar-refractivity contribution in [2.75, 3.05) is 9.80 Å². The Kier molecular flexibility index (Phi) is 10.9. The largest absolute Gasteiger partial charge is 0.309 e. The van der Waals surface area contributed by atoms with E-state index < -0.39 is 0 Å². The van der Waals surface area contributed by atoms with E-state index in [0.29, 0.717) is 11.8 Å². The molecule has 0 spiro atoms. The molecule has 0 atom stereocenters. The molecule has 2 heteroatoms. The van der Waals surface area contributed by atoms with E-state index in [9.17, 15) is 0 Å². The van der Waals surface area contributed by atoms with Gasteiger partial charge in [-0.05, 0) is 166 Å². The second-order valence-electron chi connectivity index (χ2n) is 20.4. The molecule has 0 fully saturated rings. The van der Waals surface area contributed by atoms with Crippen LogP contribution in [0.4, 0.5) is 34.1 Å². The zero-order valence-electron chi connectivity index (χ0n) is 41.1. The lowest BCUT2D eigenvalue weighted by Gasteiger charge is -2.33. The van der Waals surface area contributed by atoms with Crippen molar-refractivity contribution in [3.8, 4) is 0 Å². The molecule has 0 aliphatic heterocycles. The molecule has 0 bridgehead atoms. The molecular formula is C64H64N2. The minimum atomic E-state index is 0.288. The van der Waals surface area contributed by atoms with Gasteiger partial charge in [-0.3, -0.25) is 0 Å². The highest BCUT2D eigenvalue weighted by Crippen LogP contribution is 2.53. The highest BCUT2D eigenvalue weighted by molar-refractivity contribution is 6.30. The summed E-state index contributed by atoms with van der Waals surface area (Å²) in [4.78, 5) is 5.18. The molecule has 10 aromatic carbocycles. The number of aryl methyl sites for hydroxylation is 4. The monoisotopic (exact) mass is 861 g/mol. The Morgan fingerprint density at radius 1 is 0.318 bits per heavy atom. The summed E-state index contributed by atoms with van der Waals surface area (Å²) in [6.07, 6.45) is 0. The van der Waals surface area contributed by atoms with Crippen LogP contribution in [0.25, 0.3) is 53.9 Å². The SMILES string of the molecule is Cc1ccc2ccc(C)c(N(c3ccc(C(C)C)cc3)c3cc(C(C)C)c4ccc5c(N(c6ccc(C(C)C)cc6)c6c(C)ccc7ccc(C)cc67)cc(C(C)C)c6ccc3c4c65)c2c1. The molecule has 2 nitrogen and oxygen atoms in total. The predicted molar refractivity (Wildman–Crippen MR) is 290 cm³/mol. The standard InChI is InChI=1S/C64H64N2/c1-37(2)45-21-25-49(26-22-45)65(63-43(11)15-19-47-17-13-41(9)33-57(47)63)59-35-55(39(5)6)51-30-32-54-60(36-56(40(7)8)52-29-31-53(59)61(51)62(52)54)66(50-27-23-46(24-28-50)38(3)4)64-44(12)16-20-48-18-14-42(10)34-58(48)64/h13-40H,1-12H3. The van der Waals surface area contributed by atoms with E-state index in [1.165, 1.54) is 132 Å². The fourth-order valence-electron chi connectivity index (χ4n) is 10.8. The summed E-state index contributed by atoms with van der Waals surface area (Å²) in [5.74, 6) is 1.46. The van der Waals surface area contributed by atoms with Crippen molar-refractivity contribution in [1.82, 2.24) is 0 Å². The third-order valence-electron chi connectivity index (χ3n) is 14.4. The van der Waals surface area contributed by atoms with Crippen molar-refractivity contribution < 1.29 is 0 Å². The van der Waals surface area contributed by atoms with Crippen LogP contribution in [0.15, 0.2) is 146 Å². The average molecular weight is 861 g/mol. The molecule has 0 aromatic heterocycles. The van der Waals surface area contributed by atoms with Gasteiger partial charge < -0.3 is 9.80 Å². The lowest BCUT2D eigenvalue weighted by Crippen LogP contribution is -2.15. The summed E-state index contributed by atoms with van der Waals surface area (Å²) in [6, 6.07) is 56.5. The minimum Gasteiger partial charge on any atom is -0.309 e. The van der Waals surface area contributed by atoms with Gasteiger partial charge in [-0.15, -0.1) is 0 Å². The number of rotatable bonds is 10. The second-order valence-corrected chi connectivity index (χ2v) is 20.4. The first kappa shape index (κ1) is 43.3. The van der Waals surface area contributed by atoms with Crippen LogP contribution >= 0.6 is 0 Å². The molecule has 330 valence electrons. The van der Waals surface area contributed by atoms with E-state index in [0.717, 1.165) is 0 Å². The Balaban J connectivity index is 1.36. The summed E-state index contributed by atoms with van der Waals surface area (Å²) in [5, 5.41) is 12.9. The van der Waals surface area contributed by atoms with Gasteiger partial charge in [-0.25, -0.2) is 0 Å². The van der Waals surface area contributed by atoms with Gasteiger partial charge in [0.25, 0.3) is 0 Å². The Bertz CT molecular complexity index is 3210. The molecular weight excluding hydrogens is 797 g/mol. The first-order valence-electron chi connectivity index (χ1n) is 24.3. The first-order valence-corrected chi connectivity index (χ1v) is 24.3. The summed E-state index contributed by atoms with van der Waals surface area (Å²) < 4.78 is 0. The molecule has 0 aliphatic carbocycles. The van der Waals surface area contributed by atoms with Crippen molar-refractivity contribution in [1.29, 1.82) is 0 Å². The van der Waals surface area contributed by atoms with Crippen molar-refractivity contribution in [3.05, 3.63) is 190 Å². The molecule has 0 aliphatic rings. The van der Waals surface area contributed by atoms with Crippen molar-refractivity contribution >= 4 is 88.0 Å². The number of nitrogens with zero attached hydrogens (tertiary/aromatic N) is 2. The molecule has 0 unspecified atom stereocenters. The lowest BCUT2D eigenvalue weighted by molar-refractivity contribution is 0.866. The molecule has 10 aromatic rings. The normalized spacial score (nSPS) is 12.2. The average Bonchev–Trinajstić information content (AvgIpc) is 3.30. The van der Waals surface area contributed by atoms with Crippen LogP contribution in [0, 0.1) is 27.7 Å². The maximum absolute atomic E-state index is 2.59. The summed E-state index contributed by atoms with van der Waals surface area (Å²) in [5.41, 5.74) is 17.7. The van der Waals surface area contributed by atoms with Crippen LogP contribution in [-0.4, -0.2) is 0 Å². The van der Waals surface area contributed by atoms with Crippen LogP contribution in [-0.2, 0) is 0 Å². The zero-order chi connectivity index (χ0) is 46.3. The molecule has 0 N–H and O–H groups in total. The number of hydrogen-bond donors (Lipinski definition) is 0. The van der Waals surface area contributed by atoms with Crippen LogP contribution in [0.5, 0.6) is 0 Å². The van der Waals surface area contributed by atoms with E-state index in [2.05, 4.69) is 238 Å². The Labute approximate surface area is 392 Å². The number of benzene rings is 10. The van der Waals surface area contributed by atoms with Gasteiger partial charge in [0.2, 0.25) is 0 Å². The predicted octanol–water partition coefficient (Wildman–Crippen LogP) is 19.6. The highest BCUT2D eigenvalue weighted by Gasteiger charge is 2.28. The van der Waals surface area contributed by atoms with Crippen molar-refractivity contribution in [2.45, 2.75) is 107 Å². The number of hydrogen-bond acceptors (Lipinski definition) is 2. The third-order valence-corrected chi connectivity index (χ3v) is 14.4. The van der Waals surface area contributed by atoms with Crippen molar-refractivity contribution in [3.63, 3.8) is 0 Å². The molecule has 66 heavy (non-hydrogen) atoms. The van der Waals surface area contributed by atoms with Gasteiger partial charge in [0.1, 0.15) is 0 Å². The molecule has 0 radical (unpaired) electrons. The van der Waals surface area contributed by atoms with Crippen LogP contribution in [0.3, 0.4) is 0 Å². The van der Waals surface area contributed by atoms with Gasteiger partial charge in [0.05, 0.1) is 22.7 Å². The van der Waals surface area contributed by atoms with Gasteiger partial charge in [-0.2, -0.15) is 0 Å². The fourth-order valence-corrected chi connectivity index (χ4v) is 10.8. The van der Waals surface area contributed by atoms with Gasteiger partial charge in [0, 0.05) is 32.9 Å². The highest BCUT2D eigenvalue weighted by atomic mass is 15.2. The molecule has 0 amide bonds. The summed E-state index contributed by atoms with van der Waals surface area (Å²) >= 11 is 0. The van der Waals surface area contributed by atoms with Gasteiger partial charge in [-0.1, -0.05) is 164 Å². The molecule has 0 saturated heterocycles. The minimum absolute atomic E-state index is 0.288. The summed E-state index contributed by atoms with van der Waals surface area (Å²) in [7, 11) is 0. The second kappa shape index (κ2) is 16.7. The van der Waals surface area contributed by atoms with E-state index in [1.54, 1.807) is 0 Å². The maximum Gasteiger partial charge on any atom is 0.0569 e. The molecule has 0 saturated carbocycles. The van der Waals surface area contributed by atoms with Crippen molar-refractivity contribution in [2.24, 2.45) is 0 Å². The topological polar surface area (TPSA) is 6.48 Å². The third kappa shape index (κ3) is 7.17. The van der Waals surface area contributed by atoms with E-state index in [-0.39, 0.29) is 11.8 Å². The number of anilines is 6. The van der Waals surface area contributed by atoms with E-state index in [1.807, 2.05) is 0 Å². The fraction of sp³-hybridized carbons (Fsp3) is 0.250. The lowest BCUT2D eigenvalue weighted by atomic mass is 9.83. The van der Waals surface area contributed by atoms with E-state index in [4.69, 9.17) is 0 Å². The maximum atomic E-state index is 2.59. The molecule has 0 heterocycles. The Hall–Kier alpha value is -6.64. The Morgan fingerprint density at radius 2 is 0.667 bits per heavy atom. The zero-order valence-corrected chi connectivity index (χ0v) is 41.1. The smallest absolute Gasteiger partial charge is 0.0569 e. The van der Waals surface area contributed by atoms with Crippen LogP contribution in [0.1, 0.15) is 124 Å². The van der Waals surface area contributed by atoms with Crippen LogP contribution < -0.4 is 9.80 Å². The van der Waals surface area contributed by atoms with E-state index >= 15 is 0 Å². The van der Waals surface area contributed by atoms with Crippen LogP contribution in [0.2, 0.25) is 0 Å². The quantitative estimate of drug-likeness (QED) is 0.126.